The van der Waals surface area contributed by atoms with Crippen LogP contribution in [0.2, 0.25) is 0 Å². The van der Waals surface area contributed by atoms with Crippen molar-refractivity contribution >= 4 is 59.3 Å². The van der Waals surface area contributed by atoms with Crippen LogP contribution in [0.4, 0.5) is 0 Å². The summed E-state index contributed by atoms with van der Waals surface area (Å²) in [6.45, 7) is 0. The van der Waals surface area contributed by atoms with Gasteiger partial charge in [0.25, 0.3) is 0 Å². The molecule has 0 amide bonds. The molecule has 0 bridgehead atoms. The van der Waals surface area contributed by atoms with E-state index in [4.69, 9.17) is 0 Å². The second-order valence-electron chi connectivity index (χ2n) is 6.45. The molecule has 5 rings (SSSR count). The average Bonchev–Trinajstić information content (AvgIpc) is 2.73. The Balaban J connectivity index is 2.25. The molecule has 1 N–H and O–H groups in total. The first-order chi connectivity index (χ1) is 12.8. The van der Waals surface area contributed by atoms with Gasteiger partial charge in [-0.05, 0) is 39.7 Å². The highest BCUT2D eigenvalue weighted by atomic mass is 79.9. The minimum atomic E-state index is 1.07. The van der Waals surface area contributed by atoms with Gasteiger partial charge < -0.3 is 4.98 Å². The highest BCUT2D eigenvalue weighted by Crippen LogP contribution is 2.31. The van der Waals surface area contributed by atoms with Gasteiger partial charge in [-0.2, -0.15) is 0 Å². The molecule has 0 aliphatic rings. The molecule has 0 unspecified atom stereocenters. The van der Waals surface area contributed by atoms with Crippen LogP contribution >= 0.6 is 15.9 Å². The fourth-order valence-corrected chi connectivity index (χ4v) is 4.09. The van der Waals surface area contributed by atoms with E-state index in [1.807, 2.05) is 0 Å². The number of fused-ring (bicyclic) bond motifs is 7. The molecule has 0 aliphatic heterocycles. The summed E-state index contributed by atoms with van der Waals surface area (Å²) in [5.41, 5.74) is 2.22. The number of halogens is 1. The lowest BCUT2D eigenvalue weighted by molar-refractivity contribution is 1.51. The maximum Gasteiger partial charge on any atom is 0.0475 e. The normalized spacial score (nSPS) is 11.3. The van der Waals surface area contributed by atoms with Crippen LogP contribution in [0.25, 0.3) is 43.4 Å². The molecule has 1 nitrogen and oxygen atoms in total. The second-order valence-corrected chi connectivity index (χ2v) is 7.37. The first-order valence-corrected chi connectivity index (χ1v) is 9.45. The molecule has 0 saturated carbocycles. The van der Waals surface area contributed by atoms with E-state index in [-0.39, 0.29) is 0 Å². The number of hydrogen-bond acceptors (Lipinski definition) is 0. The summed E-state index contributed by atoms with van der Waals surface area (Å²) < 4.78 is 1.07. The van der Waals surface area contributed by atoms with Crippen molar-refractivity contribution in [3.8, 4) is 0 Å². The summed E-state index contributed by atoms with van der Waals surface area (Å²) in [6, 6.07) is 32.3. The molecule has 5 aromatic rings. The summed E-state index contributed by atoms with van der Waals surface area (Å²) in [7, 11) is 0. The van der Waals surface area contributed by atoms with Gasteiger partial charge in [0.05, 0.1) is 0 Å². The zero-order valence-corrected chi connectivity index (χ0v) is 15.6. The minimum Gasteiger partial charge on any atom is -0.354 e. The number of rotatable bonds is 0. The van der Waals surface area contributed by atoms with Crippen LogP contribution in [0.5, 0.6) is 0 Å². The van der Waals surface area contributed by atoms with Crippen LogP contribution in [0.3, 0.4) is 0 Å². The molecule has 0 aliphatic carbocycles. The van der Waals surface area contributed by atoms with Crippen molar-refractivity contribution in [2.75, 3.05) is 0 Å². The Hall–Kier alpha value is -2.84. The number of aromatic amines is 1. The van der Waals surface area contributed by atoms with Gasteiger partial charge in [-0.25, -0.2) is 0 Å². The lowest BCUT2D eigenvalue weighted by Gasteiger charge is -2.02. The summed E-state index contributed by atoms with van der Waals surface area (Å²) in [5, 5.41) is 7.41. The predicted octanol–water partition coefficient (Wildman–Crippen LogP) is 7.51. The third-order valence-corrected chi connectivity index (χ3v) is 5.40. The van der Waals surface area contributed by atoms with Crippen molar-refractivity contribution < 1.29 is 0 Å². The topological polar surface area (TPSA) is 15.8 Å². The first-order valence-electron chi connectivity index (χ1n) is 8.66. The van der Waals surface area contributed by atoms with Crippen LogP contribution in [0.1, 0.15) is 0 Å². The van der Waals surface area contributed by atoms with Crippen molar-refractivity contribution in [3.05, 3.63) is 95.5 Å². The molecule has 0 atom stereocenters. The fourth-order valence-electron chi connectivity index (χ4n) is 3.73. The van der Waals surface area contributed by atoms with Gasteiger partial charge >= 0.3 is 0 Å². The number of aromatic nitrogens is 1. The zero-order chi connectivity index (χ0) is 17.5. The maximum atomic E-state index is 3.68. The van der Waals surface area contributed by atoms with Gasteiger partial charge in [0, 0.05) is 26.3 Å². The number of H-pyrrole nitrogens is 1. The van der Waals surface area contributed by atoms with E-state index in [0.717, 1.165) is 15.5 Å². The summed E-state index contributed by atoms with van der Waals surface area (Å²) in [6.07, 6.45) is 0. The monoisotopic (exact) mass is 397 g/mol. The molecule has 26 heavy (non-hydrogen) atoms. The van der Waals surface area contributed by atoms with Gasteiger partial charge in [-0.3, -0.25) is 0 Å². The molecular weight excluding hydrogens is 382 g/mol. The van der Waals surface area contributed by atoms with Gasteiger partial charge in [-0.1, -0.05) is 88.7 Å². The Labute approximate surface area is 159 Å². The molecule has 1 aromatic heterocycles. The lowest BCUT2D eigenvalue weighted by Crippen LogP contribution is -1.78. The van der Waals surface area contributed by atoms with Crippen LogP contribution in [-0.2, 0) is 0 Å². The van der Waals surface area contributed by atoms with E-state index in [2.05, 4.69) is 112 Å². The Morgan fingerprint density at radius 2 is 0.923 bits per heavy atom. The maximum absolute atomic E-state index is 3.68. The lowest BCUT2D eigenvalue weighted by atomic mass is 10.0. The molecule has 0 fully saturated rings. The first kappa shape index (κ1) is 15.4. The van der Waals surface area contributed by atoms with Crippen LogP contribution in [-0.4, -0.2) is 4.98 Å². The van der Waals surface area contributed by atoms with E-state index >= 15 is 0 Å². The van der Waals surface area contributed by atoms with Crippen molar-refractivity contribution in [1.29, 1.82) is 0 Å². The Morgan fingerprint density at radius 1 is 0.462 bits per heavy atom. The zero-order valence-electron chi connectivity index (χ0n) is 14.0. The van der Waals surface area contributed by atoms with Crippen molar-refractivity contribution in [2.45, 2.75) is 0 Å². The van der Waals surface area contributed by atoms with Crippen molar-refractivity contribution in [2.24, 2.45) is 0 Å². The van der Waals surface area contributed by atoms with Gasteiger partial charge in [0.2, 0.25) is 0 Å². The van der Waals surface area contributed by atoms with E-state index < -0.39 is 0 Å². The number of para-hydroxylation sites is 1. The van der Waals surface area contributed by atoms with Gasteiger partial charge in [-0.15, -0.1) is 0 Å². The van der Waals surface area contributed by atoms with Crippen LogP contribution in [0.15, 0.2) is 95.5 Å². The molecule has 2 heteroatoms. The molecule has 124 valence electrons. The highest BCUT2D eigenvalue weighted by Gasteiger charge is 2.05. The minimum absolute atomic E-state index is 1.07. The van der Waals surface area contributed by atoms with Gasteiger partial charge in [0.1, 0.15) is 0 Å². The SMILES string of the molecule is Brc1ccc2c(c1)[nH]c1ccccc1c1ccccc1c1ccccc21. The van der Waals surface area contributed by atoms with E-state index in [9.17, 15) is 0 Å². The van der Waals surface area contributed by atoms with E-state index in [0.29, 0.717) is 0 Å². The Morgan fingerprint density at radius 3 is 1.54 bits per heavy atom. The van der Waals surface area contributed by atoms with Crippen LogP contribution < -0.4 is 0 Å². The van der Waals surface area contributed by atoms with Gasteiger partial charge in [0.15, 0.2) is 0 Å². The smallest absolute Gasteiger partial charge is 0.0475 e. The highest BCUT2D eigenvalue weighted by molar-refractivity contribution is 9.10. The Bertz CT molecular complexity index is 1350. The quantitative estimate of drug-likeness (QED) is 0.278. The Kier molecular flexibility index (Phi) is 3.65. The third kappa shape index (κ3) is 2.46. The molecule has 0 saturated heterocycles. The molecule has 4 aromatic carbocycles. The largest absolute Gasteiger partial charge is 0.354 e. The number of benzene rings is 4. The molecule has 1 heterocycles. The molecule has 0 radical (unpaired) electrons. The fraction of sp³-hybridized carbons (Fsp3) is 0. The summed E-state index contributed by atoms with van der Waals surface area (Å²) in [4.78, 5) is 3.68. The summed E-state index contributed by atoms with van der Waals surface area (Å²) in [5.74, 6) is 0. The predicted molar refractivity (Wildman–Crippen MR) is 116 cm³/mol. The molecular formula is C24H16BrN. The second kappa shape index (κ2) is 6.15. The summed E-state index contributed by atoms with van der Waals surface area (Å²) >= 11 is 3.62. The van der Waals surface area contributed by atoms with Crippen molar-refractivity contribution in [3.63, 3.8) is 0 Å². The number of nitrogens with one attached hydrogen (secondary N) is 1. The van der Waals surface area contributed by atoms with Crippen molar-refractivity contribution in [1.82, 2.24) is 4.98 Å². The van der Waals surface area contributed by atoms with Crippen LogP contribution in [0, 0.1) is 0 Å². The standard InChI is InChI=1S/C24H16BrN/c25-16-13-14-22-20-10-4-2-8-18(20)17-7-1-3-9-19(17)21-11-5-6-12-23(21)26-24(22)15-16/h1-15,26H. The molecule has 0 spiro atoms. The average molecular weight is 398 g/mol. The third-order valence-electron chi connectivity index (χ3n) is 4.90. The van der Waals surface area contributed by atoms with E-state index in [1.54, 1.807) is 0 Å². The number of hydrogen-bond donors (Lipinski definition) is 1. The van der Waals surface area contributed by atoms with E-state index in [1.165, 1.54) is 32.3 Å².